The topological polar surface area (TPSA) is 187 Å². The maximum atomic E-state index is 13.1. The number of carbonyl (C=O) groups is 1. The molecule has 1 aliphatic heterocycles. The first-order valence-electron chi connectivity index (χ1n) is 11.6. The third-order valence-corrected chi connectivity index (χ3v) is 7.14. The lowest BCUT2D eigenvalue weighted by atomic mass is 9.94. The zero-order valence-corrected chi connectivity index (χ0v) is 21.0. The molecule has 13 nitrogen and oxygen atoms in total. The molecular weight excluding hydrogens is 505 g/mol. The van der Waals surface area contributed by atoms with Gasteiger partial charge in [-0.25, -0.2) is 4.68 Å². The molecule has 1 aromatic carbocycles. The van der Waals surface area contributed by atoms with E-state index in [0.717, 1.165) is 17.5 Å². The summed E-state index contributed by atoms with van der Waals surface area (Å²) in [5, 5.41) is 26.3. The zero-order valence-electron chi connectivity index (χ0n) is 20.1. The fourth-order valence-electron chi connectivity index (χ4n) is 4.32. The van der Waals surface area contributed by atoms with Gasteiger partial charge in [-0.2, -0.15) is 10.1 Å². The summed E-state index contributed by atoms with van der Waals surface area (Å²) in [6.07, 6.45) is 3.33. The molecule has 198 valence electrons. The number of nitrogens with zero attached hydrogens (tertiary/aromatic N) is 4. The number of nitrogens with one attached hydrogen (secondary N) is 1. The number of aromatic nitrogens is 3. The Kier molecular flexibility index (Phi) is 7.67. The van der Waals surface area contributed by atoms with Crippen LogP contribution in [0.1, 0.15) is 19.3 Å². The van der Waals surface area contributed by atoms with Crippen molar-refractivity contribution in [2.45, 2.75) is 25.8 Å². The number of amides is 1. The second-order valence-electron chi connectivity index (χ2n) is 8.92. The molecule has 1 fully saturated rings. The van der Waals surface area contributed by atoms with Gasteiger partial charge in [-0.15, -0.1) is 0 Å². The van der Waals surface area contributed by atoms with Crippen LogP contribution in [0.25, 0.3) is 10.8 Å². The highest BCUT2D eigenvalue weighted by Gasteiger charge is 2.24. The summed E-state index contributed by atoms with van der Waals surface area (Å²) in [7, 11) is -2.61. The van der Waals surface area contributed by atoms with Gasteiger partial charge in [0.15, 0.2) is 11.5 Å². The van der Waals surface area contributed by atoms with Crippen LogP contribution in [0.5, 0.6) is 17.4 Å². The smallest absolute Gasteiger partial charge is 0.325 e. The fourth-order valence-corrected chi connectivity index (χ4v) is 5.02. The molecule has 5 N–H and O–H groups in total. The van der Waals surface area contributed by atoms with Crippen molar-refractivity contribution in [3.8, 4) is 17.4 Å². The number of rotatable bonds is 8. The largest absolute Gasteiger partial charge is 0.504 e. The third kappa shape index (κ3) is 6.37. The van der Waals surface area contributed by atoms with Gasteiger partial charge in [0, 0.05) is 30.2 Å². The lowest BCUT2D eigenvalue weighted by molar-refractivity contribution is -0.117. The molecule has 3 heterocycles. The van der Waals surface area contributed by atoms with Crippen molar-refractivity contribution in [3.05, 3.63) is 40.8 Å². The normalized spacial score (nSPS) is 14.6. The van der Waals surface area contributed by atoms with E-state index in [4.69, 9.17) is 14.5 Å². The van der Waals surface area contributed by atoms with Crippen molar-refractivity contribution < 1.29 is 34.1 Å². The molecule has 1 amide bonds. The third-order valence-electron chi connectivity index (χ3n) is 6.30. The van der Waals surface area contributed by atoms with Crippen molar-refractivity contribution in [3.63, 3.8) is 0 Å². The molecule has 0 radical (unpaired) electrons. The Morgan fingerprint density at radius 1 is 1.19 bits per heavy atom. The van der Waals surface area contributed by atoms with Gasteiger partial charge in [0.05, 0.1) is 19.5 Å². The zero-order chi connectivity index (χ0) is 26.7. The number of methoxy groups -OCH3 is 1. The minimum Gasteiger partial charge on any atom is -0.504 e. The second kappa shape index (κ2) is 10.8. The molecule has 0 atom stereocenters. The summed E-state index contributed by atoms with van der Waals surface area (Å²) < 4.78 is 17.5. The number of phenolic OH excluding ortho intramolecular Hbond substituents is 2. The lowest BCUT2D eigenvalue weighted by Gasteiger charge is -2.33. The van der Waals surface area contributed by atoms with Gasteiger partial charge in [-0.1, -0.05) is 0 Å². The van der Waals surface area contributed by atoms with Crippen LogP contribution in [0.15, 0.2) is 35.3 Å². The first kappa shape index (κ1) is 26.4. The highest BCUT2D eigenvalue weighted by molar-refractivity contribution is 7.51. The summed E-state index contributed by atoms with van der Waals surface area (Å²) in [4.78, 5) is 50.4. The summed E-state index contributed by atoms with van der Waals surface area (Å²) in [6, 6.07) is 5.54. The fraction of sp³-hybridized carbons (Fsp3) is 0.391. The Bertz CT molecular complexity index is 1410. The molecule has 0 saturated carbocycles. The van der Waals surface area contributed by atoms with Crippen LogP contribution in [0.3, 0.4) is 0 Å². The van der Waals surface area contributed by atoms with Crippen LogP contribution in [-0.4, -0.2) is 67.0 Å². The molecule has 2 aromatic heterocycles. The van der Waals surface area contributed by atoms with Crippen molar-refractivity contribution in [2.24, 2.45) is 5.92 Å². The Morgan fingerprint density at radius 2 is 1.92 bits per heavy atom. The maximum absolute atomic E-state index is 13.1. The molecule has 3 aromatic rings. The van der Waals surface area contributed by atoms with Crippen LogP contribution in [-0.2, 0) is 15.9 Å². The predicted molar refractivity (Wildman–Crippen MR) is 135 cm³/mol. The Morgan fingerprint density at radius 3 is 2.57 bits per heavy atom. The molecule has 1 aliphatic rings. The molecule has 1 saturated heterocycles. The van der Waals surface area contributed by atoms with E-state index in [1.165, 1.54) is 31.5 Å². The van der Waals surface area contributed by atoms with Crippen LogP contribution < -0.4 is 20.5 Å². The maximum Gasteiger partial charge on any atom is 0.325 e. The first-order chi connectivity index (χ1) is 17.5. The van der Waals surface area contributed by atoms with Gasteiger partial charge in [0.1, 0.15) is 17.7 Å². The molecular formula is C23H28N5O8P. The number of carbonyl (C=O) groups excluding carboxylic acids is 1. The van der Waals surface area contributed by atoms with E-state index in [2.05, 4.69) is 15.4 Å². The molecule has 0 unspecified atom stereocenters. The number of hydrogen-bond acceptors (Lipinski definition) is 9. The van der Waals surface area contributed by atoms with Crippen LogP contribution in [0.2, 0.25) is 0 Å². The number of aromatic hydroxyl groups is 2. The van der Waals surface area contributed by atoms with Gasteiger partial charge in [0.2, 0.25) is 11.8 Å². The molecule has 37 heavy (non-hydrogen) atoms. The van der Waals surface area contributed by atoms with Crippen LogP contribution in [0, 0.1) is 5.92 Å². The molecule has 4 rings (SSSR count). The summed E-state index contributed by atoms with van der Waals surface area (Å²) in [5.74, 6) is -0.367. The standard InChI is InChI=1S/C23H28N5O8P/c1-36-22-21-15(10-19(26-22)27-7-4-14(5-8-27)6-9-37(33,34)35)12-24-28(23(21)32)13-20(31)25-16-2-3-17(29)18(30)11-16/h2-3,10-12,14,29-30H,4-9,13H2,1H3,(H,25,31)(H2,33,34,35). The second-order valence-corrected chi connectivity index (χ2v) is 10.7. The average Bonchev–Trinajstić information content (AvgIpc) is 2.86. The minimum atomic E-state index is -4.01. The Balaban J connectivity index is 1.50. The number of benzene rings is 1. The van der Waals surface area contributed by atoms with E-state index >= 15 is 0 Å². The average molecular weight is 533 g/mol. The van der Waals surface area contributed by atoms with E-state index < -0.39 is 31.4 Å². The molecule has 0 bridgehead atoms. The SMILES string of the molecule is COc1nc(N2CCC(CCP(=O)(O)O)CC2)cc2cnn(CC(=O)Nc3ccc(O)c(O)c3)c(=O)c12. The van der Waals surface area contributed by atoms with Crippen molar-refractivity contribution in [1.29, 1.82) is 0 Å². The number of pyridine rings is 1. The first-order valence-corrected chi connectivity index (χ1v) is 13.4. The Hall–Kier alpha value is -3.67. The highest BCUT2D eigenvalue weighted by atomic mass is 31.2. The van der Waals surface area contributed by atoms with Gasteiger partial charge in [0.25, 0.3) is 5.56 Å². The minimum absolute atomic E-state index is 0.0983. The number of ether oxygens (including phenoxy) is 1. The number of hydrogen-bond donors (Lipinski definition) is 5. The van der Waals surface area contributed by atoms with Gasteiger partial charge >= 0.3 is 7.60 Å². The van der Waals surface area contributed by atoms with Crippen molar-refractivity contribution in [1.82, 2.24) is 14.8 Å². The van der Waals surface area contributed by atoms with Gasteiger partial charge in [-0.3, -0.25) is 14.2 Å². The van der Waals surface area contributed by atoms with E-state index in [1.54, 1.807) is 6.07 Å². The highest BCUT2D eigenvalue weighted by Crippen LogP contribution is 2.38. The molecule has 14 heteroatoms. The predicted octanol–water partition coefficient (Wildman–Crippen LogP) is 1.63. The summed E-state index contributed by atoms with van der Waals surface area (Å²) in [5.41, 5.74) is -0.322. The van der Waals surface area contributed by atoms with Crippen molar-refractivity contribution >= 4 is 35.8 Å². The van der Waals surface area contributed by atoms with E-state index in [-0.39, 0.29) is 34.8 Å². The van der Waals surface area contributed by atoms with E-state index in [1.807, 2.05) is 4.90 Å². The van der Waals surface area contributed by atoms with Gasteiger partial charge in [-0.05, 0) is 43.4 Å². The van der Waals surface area contributed by atoms with Crippen LogP contribution >= 0.6 is 7.60 Å². The van der Waals surface area contributed by atoms with E-state index in [9.17, 15) is 24.4 Å². The summed E-state index contributed by atoms with van der Waals surface area (Å²) >= 11 is 0. The van der Waals surface area contributed by atoms with Crippen LogP contribution in [0.4, 0.5) is 11.5 Å². The molecule has 0 aliphatic carbocycles. The number of phenols is 2. The quantitative estimate of drug-likeness (QED) is 0.161. The van der Waals surface area contributed by atoms with Crippen molar-refractivity contribution in [2.75, 3.05) is 36.6 Å². The number of anilines is 2. The Labute approximate surface area is 211 Å². The van der Waals surface area contributed by atoms with E-state index in [0.29, 0.717) is 30.7 Å². The number of fused-ring (bicyclic) bond motifs is 1. The summed E-state index contributed by atoms with van der Waals surface area (Å²) in [6.45, 7) is 0.888. The lowest BCUT2D eigenvalue weighted by Crippen LogP contribution is -2.35. The molecule has 0 spiro atoms. The van der Waals surface area contributed by atoms with Gasteiger partial charge < -0.3 is 35.0 Å². The number of piperidine rings is 1. The monoisotopic (exact) mass is 533 g/mol.